The van der Waals surface area contributed by atoms with Gasteiger partial charge in [-0.15, -0.1) is 0 Å². The maximum atomic E-state index is 10.3. The lowest BCUT2D eigenvalue weighted by molar-refractivity contribution is -0.134. The van der Waals surface area contributed by atoms with Gasteiger partial charge in [0.1, 0.15) is 11.3 Å². The Morgan fingerprint density at radius 3 is 2.07 bits per heavy atom. The summed E-state index contributed by atoms with van der Waals surface area (Å²) in [7, 11) is 0. The summed E-state index contributed by atoms with van der Waals surface area (Å²) >= 11 is 0. The second-order valence-electron chi connectivity index (χ2n) is 2.60. The molecule has 1 aromatic carbocycles. The molecule has 6 nitrogen and oxygen atoms in total. The largest absolute Gasteiger partial charge is 0.507 e. The van der Waals surface area contributed by atoms with Gasteiger partial charge in [0.15, 0.2) is 0 Å². The monoisotopic (exact) mass is 213 g/mol. The number of aliphatic carboxylic acids is 1. The van der Waals surface area contributed by atoms with E-state index in [1.54, 1.807) is 0 Å². The van der Waals surface area contributed by atoms with E-state index in [9.17, 15) is 4.79 Å². The van der Waals surface area contributed by atoms with Gasteiger partial charge in [0, 0.05) is 18.7 Å². The Kier molecular flexibility index (Phi) is 4.66. The second-order valence-corrected chi connectivity index (χ2v) is 2.60. The number of anilines is 1. The third-order valence-electron chi connectivity index (χ3n) is 1.25. The van der Waals surface area contributed by atoms with Gasteiger partial charge in [-0.1, -0.05) is 0 Å². The molecule has 0 amide bonds. The van der Waals surface area contributed by atoms with Crippen LogP contribution in [0.25, 0.3) is 0 Å². The molecule has 82 valence electrons. The van der Waals surface area contributed by atoms with Crippen molar-refractivity contribution in [2.75, 3.05) is 5.73 Å². The van der Waals surface area contributed by atoms with E-state index in [-0.39, 0.29) is 11.3 Å². The Bertz CT molecular complexity index is 371. The van der Waals surface area contributed by atoms with Crippen LogP contribution in [0.3, 0.4) is 0 Å². The first-order valence-corrected chi connectivity index (χ1v) is 3.86. The maximum absolute atomic E-state index is 10.3. The fourth-order valence-corrected chi connectivity index (χ4v) is 0.730. The van der Waals surface area contributed by atoms with Gasteiger partial charge < -0.3 is 21.1 Å². The molecule has 6 heteroatoms. The van der Waals surface area contributed by atoms with Crippen LogP contribution in [0.2, 0.25) is 0 Å². The molecule has 0 bridgehead atoms. The summed E-state index contributed by atoms with van der Waals surface area (Å²) in [5.41, 5.74) is 5.48. The minimum absolute atomic E-state index is 0.140. The molecule has 1 aromatic rings. The second kappa shape index (κ2) is 5.48. The average molecular weight is 213 g/mol. The Labute approximate surface area is 85.6 Å². The molecule has 0 saturated heterocycles. The first-order valence-electron chi connectivity index (χ1n) is 3.86. The minimum Gasteiger partial charge on any atom is -0.507 e. The van der Waals surface area contributed by atoms with E-state index in [2.05, 4.69) is 0 Å². The van der Waals surface area contributed by atoms with E-state index < -0.39 is 11.9 Å². The van der Waals surface area contributed by atoms with E-state index in [0.717, 1.165) is 6.92 Å². The normalized spacial score (nSPS) is 8.60. The van der Waals surface area contributed by atoms with Crippen molar-refractivity contribution < 1.29 is 24.9 Å². The van der Waals surface area contributed by atoms with Gasteiger partial charge in [-0.2, -0.15) is 0 Å². The number of aromatic carboxylic acids is 1. The lowest BCUT2D eigenvalue weighted by atomic mass is 10.2. The number of carboxylic acid groups (broad SMARTS) is 2. The molecule has 0 aliphatic rings. The molecule has 1 rings (SSSR count). The van der Waals surface area contributed by atoms with Crippen molar-refractivity contribution in [3.05, 3.63) is 23.8 Å². The van der Waals surface area contributed by atoms with Crippen LogP contribution in [0.1, 0.15) is 17.3 Å². The number of rotatable bonds is 1. The zero-order valence-corrected chi connectivity index (χ0v) is 7.97. The van der Waals surface area contributed by atoms with Crippen molar-refractivity contribution in [3.8, 4) is 5.75 Å². The van der Waals surface area contributed by atoms with E-state index in [4.69, 9.17) is 25.8 Å². The predicted octanol–water partition coefficient (Wildman–Crippen LogP) is 0.764. The summed E-state index contributed by atoms with van der Waals surface area (Å²) in [4.78, 5) is 19.3. The van der Waals surface area contributed by atoms with E-state index in [1.807, 2.05) is 0 Å². The van der Waals surface area contributed by atoms with Gasteiger partial charge in [-0.25, -0.2) is 4.79 Å². The molecule has 0 fully saturated rings. The molecule has 0 spiro atoms. The van der Waals surface area contributed by atoms with Crippen molar-refractivity contribution in [1.29, 1.82) is 0 Å². The van der Waals surface area contributed by atoms with Gasteiger partial charge in [0.05, 0.1) is 0 Å². The lowest BCUT2D eigenvalue weighted by Crippen LogP contribution is -1.97. The van der Waals surface area contributed by atoms with E-state index in [1.165, 1.54) is 18.2 Å². The van der Waals surface area contributed by atoms with Crippen molar-refractivity contribution in [1.82, 2.24) is 0 Å². The Morgan fingerprint density at radius 1 is 1.27 bits per heavy atom. The molecule has 0 saturated carbocycles. The topological polar surface area (TPSA) is 121 Å². The number of nitrogens with two attached hydrogens (primary N) is 1. The molecule has 0 radical (unpaired) electrons. The van der Waals surface area contributed by atoms with Crippen molar-refractivity contribution in [2.45, 2.75) is 6.92 Å². The number of hydrogen-bond acceptors (Lipinski definition) is 4. The van der Waals surface area contributed by atoms with Crippen LogP contribution in [0.15, 0.2) is 18.2 Å². The molecule has 0 aliphatic heterocycles. The van der Waals surface area contributed by atoms with Crippen LogP contribution < -0.4 is 5.73 Å². The fraction of sp³-hybridized carbons (Fsp3) is 0.111. The SMILES string of the molecule is CC(=O)O.Nc1ccc(C(=O)O)c(O)c1. The molecule has 0 heterocycles. The molecular formula is C9H11NO5. The van der Waals surface area contributed by atoms with Crippen LogP contribution in [-0.4, -0.2) is 27.3 Å². The molecule has 0 atom stereocenters. The fourth-order valence-electron chi connectivity index (χ4n) is 0.730. The summed E-state index contributed by atoms with van der Waals surface area (Å²) in [6.45, 7) is 1.08. The zero-order chi connectivity index (χ0) is 12.0. The predicted molar refractivity (Wildman–Crippen MR) is 52.8 cm³/mol. The molecular weight excluding hydrogens is 202 g/mol. The highest BCUT2D eigenvalue weighted by Crippen LogP contribution is 2.19. The van der Waals surface area contributed by atoms with Gasteiger partial charge in [0.25, 0.3) is 5.97 Å². The number of carboxylic acids is 2. The number of nitrogen functional groups attached to an aromatic ring is 1. The minimum atomic E-state index is -1.16. The van der Waals surface area contributed by atoms with Crippen molar-refractivity contribution >= 4 is 17.6 Å². The number of carbonyl (C=O) groups is 2. The average Bonchev–Trinajstić information content (AvgIpc) is 2.01. The van der Waals surface area contributed by atoms with Crippen molar-refractivity contribution in [3.63, 3.8) is 0 Å². The summed E-state index contributed by atoms with van der Waals surface area (Å²) in [6.07, 6.45) is 0. The highest BCUT2D eigenvalue weighted by atomic mass is 16.4. The number of aromatic hydroxyl groups is 1. The molecule has 5 N–H and O–H groups in total. The van der Waals surface area contributed by atoms with Crippen LogP contribution in [0.4, 0.5) is 5.69 Å². The standard InChI is InChI=1S/C7H7NO3.C2H4O2/c8-4-1-2-5(7(10)11)6(9)3-4;1-2(3)4/h1-3,9H,8H2,(H,10,11);1H3,(H,3,4). The first kappa shape index (κ1) is 12.8. The quantitative estimate of drug-likeness (QED) is 0.511. The summed E-state index contributed by atoms with van der Waals surface area (Å²) in [5, 5.41) is 24.9. The molecule has 15 heavy (non-hydrogen) atoms. The lowest BCUT2D eigenvalue weighted by Gasteiger charge is -1.98. The van der Waals surface area contributed by atoms with Gasteiger partial charge in [-0.3, -0.25) is 4.79 Å². The van der Waals surface area contributed by atoms with Crippen LogP contribution >= 0.6 is 0 Å². The van der Waals surface area contributed by atoms with E-state index in [0.29, 0.717) is 5.69 Å². The number of phenols is 1. The Hall–Kier alpha value is -2.24. The molecule has 0 aliphatic carbocycles. The number of hydrogen-bond donors (Lipinski definition) is 4. The van der Waals surface area contributed by atoms with Crippen LogP contribution in [-0.2, 0) is 4.79 Å². The summed E-state index contributed by atoms with van der Waals surface area (Å²) in [6, 6.07) is 3.87. The van der Waals surface area contributed by atoms with Crippen molar-refractivity contribution in [2.24, 2.45) is 0 Å². The Balaban J connectivity index is 0.000000423. The molecule has 0 aromatic heterocycles. The van der Waals surface area contributed by atoms with E-state index >= 15 is 0 Å². The third-order valence-corrected chi connectivity index (χ3v) is 1.25. The first-order chi connectivity index (χ1) is 6.84. The molecule has 0 unspecified atom stereocenters. The van der Waals surface area contributed by atoms with Crippen LogP contribution in [0, 0.1) is 0 Å². The third kappa shape index (κ3) is 5.14. The van der Waals surface area contributed by atoms with Gasteiger partial charge in [-0.05, 0) is 12.1 Å². The van der Waals surface area contributed by atoms with Crippen LogP contribution in [0.5, 0.6) is 5.75 Å². The Morgan fingerprint density at radius 2 is 1.73 bits per heavy atom. The summed E-state index contributed by atoms with van der Waals surface area (Å²) < 4.78 is 0. The highest BCUT2D eigenvalue weighted by Gasteiger charge is 2.07. The van der Waals surface area contributed by atoms with Gasteiger partial charge >= 0.3 is 5.97 Å². The maximum Gasteiger partial charge on any atom is 0.339 e. The number of benzene rings is 1. The highest BCUT2D eigenvalue weighted by molar-refractivity contribution is 5.91. The summed E-state index contributed by atoms with van der Waals surface area (Å²) in [5.74, 6) is -2.31. The van der Waals surface area contributed by atoms with Gasteiger partial charge in [0.2, 0.25) is 0 Å². The smallest absolute Gasteiger partial charge is 0.339 e. The zero-order valence-electron chi connectivity index (χ0n) is 7.97.